The number of urea groups is 1. The van der Waals surface area contributed by atoms with Gasteiger partial charge in [-0.3, -0.25) is 4.98 Å². The molecule has 1 atom stereocenters. The minimum atomic E-state index is -0.345. The third-order valence-corrected chi connectivity index (χ3v) is 4.81. The molecule has 140 valence electrons. The number of carbonyl (C=O) groups is 2. The van der Waals surface area contributed by atoms with E-state index >= 15 is 0 Å². The Kier molecular flexibility index (Phi) is 5.02. The summed E-state index contributed by atoms with van der Waals surface area (Å²) in [6.45, 7) is 2.01. The minimum Gasteiger partial charge on any atom is -0.457 e. The zero-order chi connectivity index (χ0) is 18.6. The molecule has 2 aliphatic heterocycles. The van der Waals surface area contributed by atoms with Crippen LogP contribution in [0.25, 0.3) is 0 Å². The Labute approximate surface area is 157 Å². The van der Waals surface area contributed by atoms with Gasteiger partial charge in [-0.25, -0.2) is 9.59 Å². The van der Waals surface area contributed by atoms with Crippen LogP contribution in [-0.2, 0) is 22.7 Å². The van der Waals surface area contributed by atoms with Gasteiger partial charge in [0.05, 0.1) is 18.3 Å². The number of benzene rings is 1. The fourth-order valence-electron chi connectivity index (χ4n) is 3.35. The van der Waals surface area contributed by atoms with Crippen molar-refractivity contribution >= 4 is 17.7 Å². The zero-order valence-corrected chi connectivity index (χ0v) is 14.9. The van der Waals surface area contributed by atoms with Gasteiger partial charge in [0.15, 0.2) is 0 Å². The Balaban J connectivity index is 1.33. The van der Waals surface area contributed by atoms with Gasteiger partial charge in [0.2, 0.25) is 0 Å². The Morgan fingerprint density at radius 1 is 1.37 bits per heavy atom. The van der Waals surface area contributed by atoms with Gasteiger partial charge in [0.25, 0.3) is 0 Å². The lowest BCUT2D eigenvalue weighted by Gasteiger charge is -2.32. The van der Waals surface area contributed by atoms with Gasteiger partial charge >= 0.3 is 12.0 Å². The minimum absolute atomic E-state index is 0.000274. The first kappa shape index (κ1) is 17.5. The normalized spacial score (nSPS) is 18.7. The Bertz CT molecular complexity index is 840. The van der Waals surface area contributed by atoms with Crippen LogP contribution in [0, 0.1) is 0 Å². The number of aromatic nitrogens is 1. The molecule has 0 unspecified atom stereocenters. The molecule has 27 heavy (non-hydrogen) atoms. The standard InChI is InChI=1S/C20H21N3O4/c24-19-18-9-16(6-5-15(18)13-27-19)22-20(25)23-8-2-4-17(11-23)26-12-14-3-1-7-21-10-14/h1,3,5-7,9-10,17H,2,4,8,11-13H2,(H,22,25)/t17-/m1/s1. The van der Waals surface area contributed by atoms with Gasteiger partial charge in [-0.05, 0) is 36.6 Å². The largest absolute Gasteiger partial charge is 0.457 e. The monoisotopic (exact) mass is 367 g/mol. The number of rotatable bonds is 4. The van der Waals surface area contributed by atoms with Crippen LogP contribution in [-0.4, -0.2) is 41.1 Å². The number of hydrogen-bond donors (Lipinski definition) is 1. The summed E-state index contributed by atoms with van der Waals surface area (Å²) >= 11 is 0. The van der Waals surface area contributed by atoms with Crippen LogP contribution in [0.2, 0.25) is 0 Å². The molecule has 1 N–H and O–H groups in total. The number of piperidine rings is 1. The van der Waals surface area contributed by atoms with Crippen LogP contribution in [0.3, 0.4) is 0 Å². The van der Waals surface area contributed by atoms with E-state index in [0.717, 1.165) is 24.0 Å². The van der Waals surface area contributed by atoms with Gasteiger partial charge in [0, 0.05) is 36.7 Å². The number of nitrogens with zero attached hydrogens (tertiary/aromatic N) is 2. The Hall–Kier alpha value is -2.93. The number of fused-ring (bicyclic) bond motifs is 1. The summed E-state index contributed by atoms with van der Waals surface area (Å²) in [4.78, 5) is 30.1. The van der Waals surface area contributed by atoms with E-state index in [0.29, 0.717) is 37.6 Å². The van der Waals surface area contributed by atoms with E-state index in [4.69, 9.17) is 9.47 Å². The first-order valence-electron chi connectivity index (χ1n) is 9.05. The summed E-state index contributed by atoms with van der Waals surface area (Å²) in [6, 6.07) is 8.94. The van der Waals surface area contributed by atoms with E-state index in [2.05, 4.69) is 10.3 Å². The van der Waals surface area contributed by atoms with Crippen molar-refractivity contribution in [2.24, 2.45) is 0 Å². The second-order valence-corrected chi connectivity index (χ2v) is 6.76. The van der Waals surface area contributed by atoms with Crippen molar-refractivity contribution in [2.45, 2.75) is 32.2 Å². The molecule has 1 fully saturated rings. The fourth-order valence-corrected chi connectivity index (χ4v) is 3.35. The smallest absolute Gasteiger partial charge is 0.338 e. The molecule has 1 aromatic heterocycles. The number of hydrogen-bond acceptors (Lipinski definition) is 5. The maximum absolute atomic E-state index is 12.6. The van der Waals surface area contributed by atoms with E-state index in [1.54, 1.807) is 29.4 Å². The molecule has 2 aromatic rings. The lowest BCUT2D eigenvalue weighted by Crippen LogP contribution is -2.45. The van der Waals surface area contributed by atoms with Gasteiger partial charge in [-0.2, -0.15) is 0 Å². The molecule has 0 spiro atoms. The van der Waals surface area contributed by atoms with Crippen molar-refractivity contribution in [3.63, 3.8) is 0 Å². The number of nitrogens with one attached hydrogen (secondary N) is 1. The molecule has 1 saturated heterocycles. The van der Waals surface area contributed by atoms with Gasteiger partial charge in [-0.1, -0.05) is 12.1 Å². The Morgan fingerprint density at radius 3 is 3.15 bits per heavy atom. The van der Waals surface area contributed by atoms with Crippen molar-refractivity contribution in [1.82, 2.24) is 9.88 Å². The number of esters is 1. The summed E-state index contributed by atoms with van der Waals surface area (Å²) in [5.74, 6) is -0.345. The molecule has 7 heteroatoms. The summed E-state index contributed by atoms with van der Waals surface area (Å²) in [5.41, 5.74) is 2.98. The van der Waals surface area contributed by atoms with Crippen molar-refractivity contribution in [2.75, 3.05) is 18.4 Å². The Morgan fingerprint density at radius 2 is 2.30 bits per heavy atom. The van der Waals surface area contributed by atoms with Crippen LogP contribution in [0.4, 0.5) is 10.5 Å². The van der Waals surface area contributed by atoms with Crippen LogP contribution in [0.5, 0.6) is 0 Å². The number of ether oxygens (including phenoxy) is 2. The molecular formula is C20H21N3O4. The highest BCUT2D eigenvalue weighted by atomic mass is 16.5. The third kappa shape index (κ3) is 4.09. The van der Waals surface area contributed by atoms with Crippen LogP contribution in [0.1, 0.15) is 34.3 Å². The maximum Gasteiger partial charge on any atom is 0.338 e. The third-order valence-electron chi connectivity index (χ3n) is 4.81. The van der Waals surface area contributed by atoms with E-state index in [1.807, 2.05) is 18.2 Å². The summed E-state index contributed by atoms with van der Waals surface area (Å²) in [7, 11) is 0. The molecule has 3 heterocycles. The lowest BCUT2D eigenvalue weighted by molar-refractivity contribution is 0.000916. The van der Waals surface area contributed by atoms with E-state index in [9.17, 15) is 9.59 Å². The predicted octanol–water partition coefficient (Wildman–Crippen LogP) is 2.97. The quantitative estimate of drug-likeness (QED) is 0.841. The molecule has 2 amide bonds. The summed E-state index contributed by atoms with van der Waals surface area (Å²) < 4.78 is 10.9. The van der Waals surface area contributed by atoms with Crippen LogP contribution < -0.4 is 5.32 Å². The molecule has 0 radical (unpaired) electrons. The SMILES string of the molecule is O=C1OCc2ccc(NC(=O)N3CCC[C@@H](OCc4cccnc4)C3)cc21. The second kappa shape index (κ2) is 7.75. The van der Waals surface area contributed by atoms with Crippen LogP contribution in [0.15, 0.2) is 42.7 Å². The average Bonchev–Trinajstić information content (AvgIpc) is 3.08. The first-order valence-corrected chi connectivity index (χ1v) is 9.05. The van der Waals surface area contributed by atoms with Crippen molar-refractivity contribution in [3.8, 4) is 0 Å². The first-order chi connectivity index (χ1) is 13.2. The van der Waals surface area contributed by atoms with E-state index in [1.165, 1.54) is 0 Å². The predicted molar refractivity (Wildman–Crippen MR) is 98.2 cm³/mol. The number of likely N-dealkylation sites (tertiary alicyclic amines) is 1. The lowest BCUT2D eigenvalue weighted by atomic mass is 10.1. The summed E-state index contributed by atoms with van der Waals surface area (Å²) in [5, 5.41) is 2.87. The number of pyridine rings is 1. The topological polar surface area (TPSA) is 80.8 Å². The molecule has 1 aromatic carbocycles. The number of cyclic esters (lactones) is 1. The van der Waals surface area contributed by atoms with E-state index in [-0.39, 0.29) is 18.1 Å². The highest BCUT2D eigenvalue weighted by Crippen LogP contribution is 2.24. The average molecular weight is 367 g/mol. The number of carbonyl (C=O) groups excluding carboxylic acids is 2. The van der Waals surface area contributed by atoms with Crippen molar-refractivity contribution in [1.29, 1.82) is 0 Å². The van der Waals surface area contributed by atoms with Gasteiger partial charge in [0.1, 0.15) is 6.61 Å². The molecule has 0 bridgehead atoms. The van der Waals surface area contributed by atoms with Gasteiger partial charge in [-0.15, -0.1) is 0 Å². The van der Waals surface area contributed by atoms with Crippen molar-refractivity contribution < 1.29 is 19.1 Å². The zero-order valence-electron chi connectivity index (χ0n) is 14.9. The van der Waals surface area contributed by atoms with Crippen molar-refractivity contribution in [3.05, 3.63) is 59.4 Å². The maximum atomic E-state index is 12.6. The molecule has 2 aliphatic rings. The van der Waals surface area contributed by atoms with Gasteiger partial charge < -0.3 is 19.7 Å². The highest BCUT2D eigenvalue weighted by molar-refractivity contribution is 5.96. The number of amides is 2. The fraction of sp³-hybridized carbons (Fsp3) is 0.350. The molecule has 0 saturated carbocycles. The van der Waals surface area contributed by atoms with Crippen LogP contribution >= 0.6 is 0 Å². The van der Waals surface area contributed by atoms with E-state index < -0.39 is 0 Å². The molecule has 4 rings (SSSR count). The molecule has 0 aliphatic carbocycles. The molecule has 7 nitrogen and oxygen atoms in total. The number of anilines is 1. The second-order valence-electron chi connectivity index (χ2n) is 6.76. The summed E-state index contributed by atoms with van der Waals surface area (Å²) in [6.07, 6.45) is 5.33. The highest BCUT2D eigenvalue weighted by Gasteiger charge is 2.25. The molecular weight excluding hydrogens is 346 g/mol.